The van der Waals surface area contributed by atoms with E-state index in [9.17, 15) is 0 Å². The zero-order chi connectivity index (χ0) is 10.2. The van der Waals surface area contributed by atoms with Crippen LogP contribution in [0, 0.1) is 0 Å². The minimum Gasteiger partial charge on any atom is -0.381 e. The van der Waals surface area contributed by atoms with Crippen LogP contribution in [-0.4, -0.2) is 25.3 Å². The van der Waals surface area contributed by atoms with Gasteiger partial charge in [0.1, 0.15) is 0 Å². The van der Waals surface area contributed by atoms with Gasteiger partial charge < -0.3 is 10.1 Å². The third-order valence-corrected chi connectivity index (χ3v) is 3.09. The van der Waals surface area contributed by atoms with Crippen molar-refractivity contribution in [3.05, 3.63) is 0 Å². The van der Waals surface area contributed by atoms with Gasteiger partial charge in [0.25, 0.3) is 0 Å². The van der Waals surface area contributed by atoms with E-state index >= 15 is 0 Å². The summed E-state index contributed by atoms with van der Waals surface area (Å²) in [5, 5.41) is 3.76. The van der Waals surface area contributed by atoms with E-state index in [1.54, 1.807) is 0 Å². The fourth-order valence-electron chi connectivity index (χ4n) is 2.05. The Labute approximate surface area is 88.4 Å². The predicted molar refractivity (Wildman–Crippen MR) is 60.6 cm³/mol. The van der Waals surface area contributed by atoms with Crippen molar-refractivity contribution in [1.82, 2.24) is 5.32 Å². The molecule has 2 heteroatoms. The van der Waals surface area contributed by atoms with Gasteiger partial charge in [-0.2, -0.15) is 0 Å². The molecule has 0 aliphatic carbocycles. The summed E-state index contributed by atoms with van der Waals surface area (Å²) in [5.41, 5.74) is 0. The second-order valence-corrected chi connectivity index (χ2v) is 4.30. The van der Waals surface area contributed by atoms with Gasteiger partial charge in [0, 0.05) is 25.3 Å². The van der Waals surface area contributed by atoms with Crippen LogP contribution < -0.4 is 5.32 Å². The number of rotatable bonds is 6. The highest BCUT2D eigenvalue weighted by molar-refractivity contribution is 4.75. The number of hydrogen-bond acceptors (Lipinski definition) is 2. The maximum Gasteiger partial charge on any atom is 0.0480 e. The summed E-state index contributed by atoms with van der Waals surface area (Å²) in [5.74, 6) is 0. The van der Waals surface area contributed by atoms with Gasteiger partial charge in [-0.05, 0) is 25.7 Å². The quantitative estimate of drug-likeness (QED) is 0.710. The van der Waals surface area contributed by atoms with E-state index < -0.39 is 0 Å². The summed E-state index contributed by atoms with van der Waals surface area (Å²) in [6.07, 6.45) is 7.66. The van der Waals surface area contributed by atoms with Gasteiger partial charge in [0.05, 0.1) is 0 Å². The summed E-state index contributed by atoms with van der Waals surface area (Å²) in [7, 11) is 0. The van der Waals surface area contributed by atoms with Gasteiger partial charge in [-0.3, -0.25) is 0 Å². The fraction of sp³-hybridized carbons (Fsp3) is 1.00. The Kier molecular flexibility index (Phi) is 6.20. The molecule has 0 aromatic heterocycles. The smallest absolute Gasteiger partial charge is 0.0480 e. The Hall–Kier alpha value is -0.0800. The van der Waals surface area contributed by atoms with Gasteiger partial charge >= 0.3 is 0 Å². The highest BCUT2D eigenvalue weighted by Crippen LogP contribution is 2.11. The van der Waals surface area contributed by atoms with Gasteiger partial charge in [0.2, 0.25) is 0 Å². The van der Waals surface area contributed by atoms with Crippen molar-refractivity contribution in [1.29, 1.82) is 0 Å². The molecule has 1 rings (SSSR count). The van der Waals surface area contributed by atoms with Crippen LogP contribution in [0.15, 0.2) is 0 Å². The van der Waals surface area contributed by atoms with Crippen LogP contribution in [0.4, 0.5) is 0 Å². The molecule has 0 aromatic rings. The van der Waals surface area contributed by atoms with E-state index in [0.29, 0.717) is 6.04 Å². The van der Waals surface area contributed by atoms with Crippen molar-refractivity contribution < 1.29 is 4.74 Å². The molecule has 1 unspecified atom stereocenters. The molecule has 1 heterocycles. The molecule has 1 N–H and O–H groups in total. The van der Waals surface area contributed by atoms with E-state index in [2.05, 4.69) is 19.2 Å². The van der Waals surface area contributed by atoms with E-state index in [0.717, 1.165) is 19.3 Å². The molecule has 0 amide bonds. The monoisotopic (exact) mass is 199 g/mol. The standard InChI is InChI=1S/C12H25NO/c1-3-5-6-11(4-2)13-12-7-9-14-10-8-12/h11-13H,3-10H2,1-2H3. The van der Waals surface area contributed by atoms with Crippen LogP contribution in [0.25, 0.3) is 0 Å². The van der Waals surface area contributed by atoms with Gasteiger partial charge in [0.15, 0.2) is 0 Å². The average molecular weight is 199 g/mol. The van der Waals surface area contributed by atoms with E-state index in [1.165, 1.54) is 38.5 Å². The summed E-state index contributed by atoms with van der Waals surface area (Å²) in [6, 6.07) is 1.45. The summed E-state index contributed by atoms with van der Waals surface area (Å²) < 4.78 is 5.36. The van der Waals surface area contributed by atoms with Crippen LogP contribution in [0.2, 0.25) is 0 Å². The first-order chi connectivity index (χ1) is 6.86. The van der Waals surface area contributed by atoms with Crippen LogP contribution in [-0.2, 0) is 4.74 Å². The molecule has 14 heavy (non-hydrogen) atoms. The maximum atomic E-state index is 5.36. The zero-order valence-electron chi connectivity index (χ0n) is 9.72. The first kappa shape index (κ1) is 12.0. The molecule has 0 radical (unpaired) electrons. The Morgan fingerprint density at radius 1 is 1.29 bits per heavy atom. The van der Waals surface area contributed by atoms with Crippen molar-refractivity contribution in [3.8, 4) is 0 Å². The second-order valence-electron chi connectivity index (χ2n) is 4.30. The van der Waals surface area contributed by atoms with Crippen LogP contribution in [0.1, 0.15) is 52.4 Å². The van der Waals surface area contributed by atoms with Gasteiger partial charge in [-0.25, -0.2) is 0 Å². The molecule has 1 saturated heterocycles. The van der Waals surface area contributed by atoms with Gasteiger partial charge in [-0.15, -0.1) is 0 Å². The number of hydrogen-bond donors (Lipinski definition) is 1. The average Bonchev–Trinajstić information content (AvgIpc) is 2.25. The number of ether oxygens (including phenoxy) is 1. The molecule has 0 saturated carbocycles. The largest absolute Gasteiger partial charge is 0.381 e. The highest BCUT2D eigenvalue weighted by atomic mass is 16.5. The predicted octanol–water partition coefficient (Wildman–Crippen LogP) is 2.72. The highest BCUT2D eigenvalue weighted by Gasteiger charge is 2.16. The second kappa shape index (κ2) is 7.24. The van der Waals surface area contributed by atoms with Crippen LogP contribution in [0.3, 0.4) is 0 Å². The third-order valence-electron chi connectivity index (χ3n) is 3.09. The molecule has 84 valence electrons. The molecule has 1 aliphatic rings. The van der Waals surface area contributed by atoms with Crippen molar-refractivity contribution in [2.24, 2.45) is 0 Å². The molecule has 1 aliphatic heterocycles. The van der Waals surface area contributed by atoms with E-state index in [4.69, 9.17) is 4.74 Å². The third kappa shape index (κ3) is 4.43. The van der Waals surface area contributed by atoms with Crippen LogP contribution in [0.5, 0.6) is 0 Å². The maximum absolute atomic E-state index is 5.36. The fourth-order valence-corrected chi connectivity index (χ4v) is 2.05. The normalized spacial score (nSPS) is 21.0. The Morgan fingerprint density at radius 2 is 2.00 bits per heavy atom. The van der Waals surface area contributed by atoms with Crippen LogP contribution >= 0.6 is 0 Å². The van der Waals surface area contributed by atoms with E-state index in [-0.39, 0.29) is 0 Å². The van der Waals surface area contributed by atoms with Crippen molar-refractivity contribution >= 4 is 0 Å². The van der Waals surface area contributed by atoms with Crippen molar-refractivity contribution in [2.45, 2.75) is 64.5 Å². The Bertz CT molecular complexity index is 132. The Morgan fingerprint density at radius 3 is 2.57 bits per heavy atom. The summed E-state index contributed by atoms with van der Waals surface area (Å²) in [4.78, 5) is 0. The molecule has 1 fully saturated rings. The molecule has 1 atom stereocenters. The minimum atomic E-state index is 0.713. The lowest BCUT2D eigenvalue weighted by Crippen LogP contribution is -2.41. The lowest BCUT2D eigenvalue weighted by Gasteiger charge is -2.28. The molecular formula is C12H25NO. The SMILES string of the molecule is CCCCC(CC)NC1CCOCC1. The first-order valence-electron chi connectivity index (χ1n) is 6.20. The Balaban J connectivity index is 2.16. The topological polar surface area (TPSA) is 21.3 Å². The first-order valence-corrected chi connectivity index (χ1v) is 6.20. The van der Waals surface area contributed by atoms with E-state index in [1.807, 2.05) is 0 Å². The lowest BCUT2D eigenvalue weighted by atomic mass is 10.0. The van der Waals surface area contributed by atoms with Gasteiger partial charge in [-0.1, -0.05) is 26.7 Å². The lowest BCUT2D eigenvalue weighted by molar-refractivity contribution is 0.0742. The zero-order valence-corrected chi connectivity index (χ0v) is 9.72. The molecule has 2 nitrogen and oxygen atoms in total. The van der Waals surface area contributed by atoms with Crippen molar-refractivity contribution in [3.63, 3.8) is 0 Å². The molecule has 0 bridgehead atoms. The molecular weight excluding hydrogens is 174 g/mol. The summed E-state index contributed by atoms with van der Waals surface area (Å²) >= 11 is 0. The van der Waals surface area contributed by atoms with Crippen molar-refractivity contribution in [2.75, 3.05) is 13.2 Å². The number of nitrogens with one attached hydrogen (secondary N) is 1. The summed E-state index contributed by atoms with van der Waals surface area (Å²) in [6.45, 7) is 6.44. The minimum absolute atomic E-state index is 0.713. The molecule has 0 spiro atoms. The number of unbranched alkanes of at least 4 members (excludes halogenated alkanes) is 1. The molecule has 0 aromatic carbocycles.